The minimum Gasteiger partial charge on any atom is -0.488 e. The smallest absolute Gasteiger partial charge is 0.275 e. The van der Waals surface area contributed by atoms with Crippen molar-refractivity contribution in [1.29, 1.82) is 0 Å². The fourth-order valence-electron chi connectivity index (χ4n) is 1.81. The Morgan fingerprint density at radius 2 is 2.00 bits per heavy atom. The molecule has 0 aliphatic rings. The Morgan fingerprint density at radius 3 is 2.59 bits per heavy atom. The summed E-state index contributed by atoms with van der Waals surface area (Å²) in [7, 11) is 0. The largest absolute Gasteiger partial charge is 0.488 e. The zero-order chi connectivity index (χ0) is 16.2. The van der Waals surface area contributed by atoms with Crippen LogP contribution in [0.5, 0.6) is 5.75 Å². The van der Waals surface area contributed by atoms with Crippen LogP contribution >= 0.6 is 11.3 Å². The van der Waals surface area contributed by atoms with Crippen LogP contribution in [0.3, 0.4) is 0 Å². The number of rotatable bonds is 5. The highest BCUT2D eigenvalue weighted by molar-refractivity contribution is 7.09. The standard InChI is InChI=1S/C16H21N3O2S/c1-16(2,3)21-12-6-4-11(5-7-12)18-15(20)13-10-22-14(19-13)8-9-17/h4-7,10H,8-9,17H2,1-3H3,(H,18,20). The number of hydrogen-bond donors (Lipinski definition) is 2. The maximum Gasteiger partial charge on any atom is 0.275 e. The SMILES string of the molecule is CC(C)(C)Oc1ccc(NC(=O)c2csc(CCN)n2)cc1. The molecule has 0 bridgehead atoms. The molecule has 0 aliphatic heterocycles. The third kappa shape index (κ3) is 4.82. The van der Waals surface area contributed by atoms with Gasteiger partial charge in [0.15, 0.2) is 0 Å². The molecule has 0 saturated carbocycles. The number of ether oxygens (including phenoxy) is 1. The molecule has 3 N–H and O–H groups in total. The lowest BCUT2D eigenvalue weighted by atomic mass is 10.2. The molecular formula is C16H21N3O2S. The number of aromatic nitrogens is 1. The lowest BCUT2D eigenvalue weighted by Crippen LogP contribution is -2.22. The van der Waals surface area contributed by atoms with Gasteiger partial charge in [-0.3, -0.25) is 4.79 Å². The van der Waals surface area contributed by atoms with Gasteiger partial charge in [0, 0.05) is 17.5 Å². The number of anilines is 1. The van der Waals surface area contributed by atoms with Gasteiger partial charge >= 0.3 is 0 Å². The zero-order valence-electron chi connectivity index (χ0n) is 13.1. The zero-order valence-corrected chi connectivity index (χ0v) is 13.9. The van der Waals surface area contributed by atoms with Gasteiger partial charge in [-0.1, -0.05) is 0 Å². The average Bonchev–Trinajstić information content (AvgIpc) is 2.88. The second kappa shape index (κ2) is 6.89. The van der Waals surface area contributed by atoms with E-state index in [0.29, 0.717) is 24.3 Å². The molecule has 5 nitrogen and oxygen atoms in total. The molecule has 1 heterocycles. The van der Waals surface area contributed by atoms with Crippen LogP contribution in [0.15, 0.2) is 29.6 Å². The Balaban J connectivity index is 1.99. The van der Waals surface area contributed by atoms with Crippen LogP contribution in [0, 0.1) is 0 Å². The molecule has 1 amide bonds. The van der Waals surface area contributed by atoms with Crippen molar-refractivity contribution < 1.29 is 9.53 Å². The highest BCUT2D eigenvalue weighted by Crippen LogP contribution is 2.21. The average molecular weight is 319 g/mol. The highest BCUT2D eigenvalue weighted by Gasteiger charge is 2.13. The van der Waals surface area contributed by atoms with Gasteiger partial charge in [0.05, 0.1) is 5.01 Å². The van der Waals surface area contributed by atoms with Crippen molar-refractivity contribution in [3.63, 3.8) is 0 Å². The molecule has 0 saturated heterocycles. The van der Waals surface area contributed by atoms with Gasteiger partial charge in [0.1, 0.15) is 17.0 Å². The summed E-state index contributed by atoms with van der Waals surface area (Å²) in [5, 5.41) is 5.45. The van der Waals surface area contributed by atoms with Crippen LogP contribution in [-0.2, 0) is 6.42 Å². The molecule has 1 aromatic heterocycles. The monoisotopic (exact) mass is 319 g/mol. The Kier molecular flexibility index (Phi) is 5.15. The maximum atomic E-state index is 12.1. The molecule has 2 rings (SSSR count). The van der Waals surface area contributed by atoms with Crippen molar-refractivity contribution in [1.82, 2.24) is 4.98 Å². The van der Waals surface area contributed by atoms with E-state index < -0.39 is 0 Å². The van der Waals surface area contributed by atoms with Crippen molar-refractivity contribution in [3.8, 4) is 5.75 Å². The van der Waals surface area contributed by atoms with E-state index in [0.717, 1.165) is 10.8 Å². The van der Waals surface area contributed by atoms with Gasteiger partial charge in [-0.15, -0.1) is 11.3 Å². The first-order chi connectivity index (χ1) is 10.4. The van der Waals surface area contributed by atoms with E-state index in [1.807, 2.05) is 45.0 Å². The van der Waals surface area contributed by atoms with Crippen molar-refractivity contribution in [2.24, 2.45) is 5.73 Å². The van der Waals surface area contributed by atoms with E-state index >= 15 is 0 Å². The first kappa shape index (κ1) is 16.5. The normalized spacial score (nSPS) is 11.3. The van der Waals surface area contributed by atoms with Gasteiger partial charge < -0.3 is 15.8 Å². The number of nitrogens with two attached hydrogens (primary N) is 1. The van der Waals surface area contributed by atoms with Crippen LogP contribution < -0.4 is 15.8 Å². The second-order valence-electron chi connectivity index (χ2n) is 5.86. The Labute approximate surface area is 134 Å². The van der Waals surface area contributed by atoms with Crippen LogP contribution in [0.2, 0.25) is 0 Å². The molecule has 0 unspecified atom stereocenters. The second-order valence-corrected chi connectivity index (χ2v) is 6.80. The third-order valence-corrected chi connectivity index (χ3v) is 3.59. The van der Waals surface area contributed by atoms with Crippen LogP contribution in [0.1, 0.15) is 36.3 Å². The lowest BCUT2D eigenvalue weighted by Gasteiger charge is -2.21. The molecule has 0 spiro atoms. The number of amides is 1. The molecule has 0 aliphatic carbocycles. The topological polar surface area (TPSA) is 77.2 Å². The van der Waals surface area contributed by atoms with E-state index in [1.165, 1.54) is 11.3 Å². The Hall–Kier alpha value is -1.92. The van der Waals surface area contributed by atoms with E-state index in [1.54, 1.807) is 5.38 Å². The molecule has 22 heavy (non-hydrogen) atoms. The summed E-state index contributed by atoms with van der Waals surface area (Å²) >= 11 is 1.45. The molecule has 6 heteroatoms. The molecular weight excluding hydrogens is 298 g/mol. The minimum absolute atomic E-state index is 0.219. The molecule has 0 radical (unpaired) electrons. The highest BCUT2D eigenvalue weighted by atomic mass is 32.1. The minimum atomic E-state index is -0.245. The van der Waals surface area contributed by atoms with E-state index in [4.69, 9.17) is 10.5 Å². The van der Waals surface area contributed by atoms with Crippen LogP contribution in [0.25, 0.3) is 0 Å². The fraction of sp³-hybridized carbons (Fsp3) is 0.375. The number of benzene rings is 1. The van der Waals surface area contributed by atoms with Gasteiger partial charge in [0.25, 0.3) is 5.91 Å². The first-order valence-corrected chi connectivity index (χ1v) is 8.00. The quantitative estimate of drug-likeness (QED) is 0.888. The van der Waals surface area contributed by atoms with E-state index in [2.05, 4.69) is 10.3 Å². The van der Waals surface area contributed by atoms with Crippen molar-refractivity contribution in [3.05, 3.63) is 40.3 Å². The number of nitrogens with one attached hydrogen (secondary N) is 1. The van der Waals surface area contributed by atoms with Gasteiger partial charge in [-0.05, 0) is 51.6 Å². The Morgan fingerprint density at radius 1 is 1.32 bits per heavy atom. The fourth-order valence-corrected chi connectivity index (χ4v) is 2.60. The summed E-state index contributed by atoms with van der Waals surface area (Å²) in [6.07, 6.45) is 0.691. The summed E-state index contributed by atoms with van der Waals surface area (Å²) < 4.78 is 5.74. The van der Waals surface area contributed by atoms with Gasteiger partial charge in [-0.25, -0.2) is 4.98 Å². The molecule has 1 aromatic carbocycles. The summed E-state index contributed by atoms with van der Waals surface area (Å²) in [5.41, 5.74) is 6.36. The van der Waals surface area contributed by atoms with Crippen LogP contribution in [0.4, 0.5) is 5.69 Å². The predicted molar refractivity (Wildman–Crippen MR) is 89.6 cm³/mol. The van der Waals surface area contributed by atoms with Crippen LogP contribution in [-0.4, -0.2) is 23.0 Å². The number of nitrogens with zero attached hydrogens (tertiary/aromatic N) is 1. The van der Waals surface area contributed by atoms with E-state index in [9.17, 15) is 4.79 Å². The first-order valence-electron chi connectivity index (χ1n) is 7.12. The van der Waals surface area contributed by atoms with E-state index in [-0.39, 0.29) is 11.5 Å². The number of carbonyl (C=O) groups is 1. The maximum absolute atomic E-state index is 12.1. The summed E-state index contributed by atoms with van der Waals surface area (Å²) in [6, 6.07) is 7.29. The number of hydrogen-bond acceptors (Lipinski definition) is 5. The number of carbonyl (C=O) groups excluding carboxylic acids is 1. The van der Waals surface area contributed by atoms with Gasteiger partial charge in [0.2, 0.25) is 0 Å². The van der Waals surface area contributed by atoms with Gasteiger partial charge in [-0.2, -0.15) is 0 Å². The third-order valence-electron chi connectivity index (χ3n) is 2.68. The summed E-state index contributed by atoms with van der Waals surface area (Å²) in [6.45, 7) is 6.50. The summed E-state index contributed by atoms with van der Waals surface area (Å²) in [4.78, 5) is 16.4. The van der Waals surface area contributed by atoms with Crippen molar-refractivity contribution in [2.75, 3.05) is 11.9 Å². The lowest BCUT2D eigenvalue weighted by molar-refractivity contribution is 0.102. The van der Waals surface area contributed by atoms with Crippen molar-refractivity contribution >= 4 is 22.9 Å². The molecule has 2 aromatic rings. The predicted octanol–water partition coefficient (Wildman–Crippen LogP) is 3.07. The Bertz CT molecular complexity index is 630. The molecule has 0 atom stereocenters. The molecule has 118 valence electrons. The molecule has 0 fully saturated rings. The van der Waals surface area contributed by atoms with Crippen molar-refractivity contribution in [2.45, 2.75) is 32.8 Å². The number of thiazole rings is 1. The summed E-state index contributed by atoms with van der Waals surface area (Å²) in [5.74, 6) is 0.549.